The average molecular weight is 897 g/mol. The van der Waals surface area contributed by atoms with E-state index < -0.39 is 122 Å². The lowest BCUT2D eigenvalue weighted by molar-refractivity contribution is -0.393. The monoisotopic (exact) mass is 897 g/mol. The van der Waals surface area contributed by atoms with E-state index in [1.165, 1.54) is 0 Å². The van der Waals surface area contributed by atoms with Gasteiger partial charge in [-0.2, -0.15) is 0 Å². The predicted octanol–water partition coefficient (Wildman–Crippen LogP) is 1.12. The van der Waals surface area contributed by atoms with Crippen LogP contribution in [0.25, 0.3) is 0 Å². The molecular weight excluding hydrogens is 821 g/mol. The van der Waals surface area contributed by atoms with Crippen molar-refractivity contribution >= 4 is 0 Å². The van der Waals surface area contributed by atoms with Crippen LogP contribution < -0.4 is 0 Å². The van der Waals surface area contributed by atoms with Crippen molar-refractivity contribution in [2.24, 2.45) is 56.7 Å². The topological polar surface area (TPSA) is 247 Å². The lowest BCUT2D eigenvalue weighted by Crippen LogP contribution is -2.73. The summed E-state index contributed by atoms with van der Waals surface area (Å²) < 4.78 is 44.0. The Morgan fingerprint density at radius 2 is 1.37 bits per heavy atom. The van der Waals surface area contributed by atoms with Gasteiger partial charge in [0.05, 0.1) is 43.7 Å². The Labute approximate surface area is 371 Å². The molecule has 0 unspecified atom stereocenters. The van der Waals surface area contributed by atoms with E-state index in [4.69, 9.17) is 33.2 Å². The van der Waals surface area contributed by atoms with Crippen LogP contribution in [0.15, 0.2) is 12.2 Å². The van der Waals surface area contributed by atoms with Crippen molar-refractivity contribution in [1.29, 1.82) is 0 Å². The maximum absolute atomic E-state index is 12.2. The third-order valence-electron chi connectivity index (χ3n) is 19.8. The molecule has 1 spiro atoms. The van der Waals surface area contributed by atoms with Gasteiger partial charge in [0.2, 0.25) is 0 Å². The largest absolute Gasteiger partial charge is 0.394 e. The zero-order valence-corrected chi connectivity index (χ0v) is 38.2. The average Bonchev–Trinajstić information content (AvgIpc) is 3.54. The maximum atomic E-state index is 12.2. The van der Waals surface area contributed by atoms with Gasteiger partial charge in [-0.25, -0.2) is 0 Å². The number of allylic oxidation sites excluding steroid dienone is 1. The molecule has 0 amide bonds. The molecule has 0 radical (unpaired) electrons. The van der Waals surface area contributed by atoms with Crippen LogP contribution in [0.1, 0.15) is 100 Å². The number of fused-ring (bicyclic) bond motifs is 4. The molecule has 2 bridgehead atoms. The second-order valence-electron chi connectivity index (χ2n) is 22.9. The molecule has 63 heavy (non-hydrogen) atoms. The summed E-state index contributed by atoms with van der Waals surface area (Å²) >= 11 is 0. The van der Waals surface area contributed by atoms with Crippen molar-refractivity contribution in [2.45, 2.75) is 204 Å². The van der Waals surface area contributed by atoms with Crippen LogP contribution in [0.5, 0.6) is 0 Å². The summed E-state index contributed by atoms with van der Waals surface area (Å²) in [4.78, 5) is 0. The molecule has 360 valence electrons. The van der Waals surface area contributed by atoms with E-state index >= 15 is 0 Å². The van der Waals surface area contributed by atoms with Gasteiger partial charge >= 0.3 is 0 Å². The normalized spacial score (nSPS) is 59.8. The predicted molar refractivity (Wildman–Crippen MR) is 222 cm³/mol. The zero-order valence-electron chi connectivity index (χ0n) is 38.2. The van der Waals surface area contributed by atoms with Crippen LogP contribution in [0.4, 0.5) is 0 Å². The Morgan fingerprint density at radius 3 is 2.06 bits per heavy atom. The minimum atomic E-state index is -1.78. The Bertz CT molecular complexity index is 1720. The van der Waals surface area contributed by atoms with Gasteiger partial charge in [0.25, 0.3) is 0 Å². The third-order valence-corrected chi connectivity index (χ3v) is 19.8. The molecule has 9 N–H and O–H groups in total. The van der Waals surface area contributed by atoms with Crippen LogP contribution in [-0.2, 0) is 33.2 Å². The lowest BCUT2D eigenvalue weighted by Gasteiger charge is -2.73. The summed E-state index contributed by atoms with van der Waals surface area (Å²) in [5, 5.41) is 98.1. The Kier molecular flexibility index (Phi) is 12.1. The number of hydrogen-bond acceptors (Lipinski definition) is 16. The van der Waals surface area contributed by atoms with Crippen molar-refractivity contribution in [1.82, 2.24) is 0 Å². The van der Waals surface area contributed by atoms with Crippen LogP contribution in [0, 0.1) is 56.7 Å². The van der Waals surface area contributed by atoms with Crippen molar-refractivity contribution < 1.29 is 79.1 Å². The zero-order chi connectivity index (χ0) is 45.6. The Morgan fingerprint density at radius 1 is 0.698 bits per heavy atom. The standard InChI is InChI=1S/C47H76O16/c1-21-9-15-46-20-58-47(38(46)22(21)2)16-11-27-43(6)13-12-29(42(4,5)26(43)10-14-44(27,7)45(47,8)17-28(46)50)61-40-36(33(54)30(51)23(3)59-40)63-41-37(34(55)32(53)25(18-48)60-41)62-39-35(56)31(52)24(49)19-57-39/h11,16,21-41,48-56H,9-10,12-15,17-20H2,1-8H3/t21-,22+,23-,24-,25-,26-,27-,28-,29+,30+,31+,32-,33+,34+,35-,36-,37-,38+,39+,40+,41+,43+,44-,45+,46+,47-/m1/s1. The smallest absolute Gasteiger partial charge is 0.187 e. The number of hydrogen-bond donors (Lipinski definition) is 9. The van der Waals surface area contributed by atoms with E-state index in [-0.39, 0.29) is 39.4 Å². The number of aliphatic hydroxyl groups excluding tert-OH is 9. The summed E-state index contributed by atoms with van der Waals surface area (Å²) in [5.41, 5.74) is -1.67. The van der Waals surface area contributed by atoms with Gasteiger partial charge in [0.15, 0.2) is 18.9 Å². The van der Waals surface area contributed by atoms with Crippen molar-refractivity contribution in [3.63, 3.8) is 0 Å². The van der Waals surface area contributed by atoms with Gasteiger partial charge in [0, 0.05) is 16.7 Å². The van der Waals surface area contributed by atoms with Crippen molar-refractivity contribution in [3.8, 4) is 0 Å². The second kappa shape index (κ2) is 16.1. The Balaban J connectivity index is 0.978. The first kappa shape index (κ1) is 47.2. The molecule has 8 fully saturated rings. The van der Waals surface area contributed by atoms with E-state index in [0.29, 0.717) is 24.9 Å². The van der Waals surface area contributed by atoms with Gasteiger partial charge in [0.1, 0.15) is 61.0 Å². The molecule has 4 saturated carbocycles. The minimum absolute atomic E-state index is 0.139. The second-order valence-corrected chi connectivity index (χ2v) is 22.9. The molecule has 0 aromatic rings. The van der Waals surface area contributed by atoms with E-state index in [2.05, 4.69) is 60.6 Å². The summed E-state index contributed by atoms with van der Waals surface area (Å²) in [6.45, 7) is 17.6. The molecule has 16 heteroatoms. The first-order chi connectivity index (χ1) is 29.5. The summed E-state index contributed by atoms with van der Waals surface area (Å²) in [6, 6.07) is 0. The number of ether oxygens (including phenoxy) is 7. The van der Waals surface area contributed by atoms with Crippen LogP contribution >= 0.6 is 0 Å². The molecule has 0 aromatic carbocycles. The summed E-state index contributed by atoms with van der Waals surface area (Å²) in [6.07, 6.45) is -10.7. The molecule has 4 heterocycles. The van der Waals surface area contributed by atoms with E-state index in [1.807, 2.05) is 0 Å². The quantitative estimate of drug-likeness (QED) is 0.128. The highest BCUT2D eigenvalue weighted by molar-refractivity contribution is 5.36. The number of rotatable bonds is 7. The fraction of sp³-hybridized carbons (Fsp3) is 0.957. The molecule has 4 aliphatic heterocycles. The summed E-state index contributed by atoms with van der Waals surface area (Å²) in [5.74, 6) is 1.64. The fourth-order valence-corrected chi connectivity index (χ4v) is 15.8. The lowest BCUT2D eigenvalue weighted by atomic mass is 9.31. The fourth-order valence-electron chi connectivity index (χ4n) is 15.8. The van der Waals surface area contributed by atoms with E-state index in [9.17, 15) is 46.0 Å². The molecule has 26 atom stereocenters. The first-order valence-electron chi connectivity index (χ1n) is 23.8. The minimum Gasteiger partial charge on any atom is -0.394 e. The maximum Gasteiger partial charge on any atom is 0.187 e. The van der Waals surface area contributed by atoms with Gasteiger partial charge in [-0.15, -0.1) is 0 Å². The van der Waals surface area contributed by atoms with Gasteiger partial charge in [-0.1, -0.05) is 60.6 Å². The van der Waals surface area contributed by atoms with E-state index in [0.717, 1.165) is 38.5 Å². The third kappa shape index (κ3) is 6.58. The van der Waals surface area contributed by atoms with Gasteiger partial charge < -0.3 is 79.1 Å². The highest BCUT2D eigenvalue weighted by Gasteiger charge is 2.79. The molecule has 9 aliphatic rings. The first-order valence-corrected chi connectivity index (χ1v) is 23.8. The van der Waals surface area contributed by atoms with Crippen LogP contribution in [0.2, 0.25) is 0 Å². The SMILES string of the molecule is C[C@H]1[C@H](C)CC[C@]23CO[C@]4(C=C[C@@H]5[C@@]6(C)CC[C@H](O[C@@H]7O[C@H](C)[C@H](O)[C@H](O)[C@H]7O[C@@H]7O[C@H](CO)[C@@H](O)[C@H](O)[C@H]7O[C@@H]7OC[C@@H](O)[C@H](O)[C@H]7O)C(C)(C)[C@H]6CC[C@@]5(C)[C@]4(C)C[C@H]2O)[C@@H]13. The molecular formula is C47H76O16. The molecule has 5 aliphatic carbocycles. The van der Waals surface area contributed by atoms with E-state index in [1.54, 1.807) is 6.92 Å². The number of aliphatic hydroxyl groups is 9. The molecule has 0 aromatic heterocycles. The highest BCUT2D eigenvalue weighted by Crippen LogP contribution is 2.79. The molecule has 9 rings (SSSR count). The van der Waals surface area contributed by atoms with Crippen LogP contribution in [0.3, 0.4) is 0 Å². The van der Waals surface area contributed by atoms with Crippen molar-refractivity contribution in [3.05, 3.63) is 12.2 Å². The Hall–Kier alpha value is -0.900. The van der Waals surface area contributed by atoms with Crippen LogP contribution in [-0.4, -0.2) is 170 Å². The highest BCUT2D eigenvalue weighted by atomic mass is 16.8. The van der Waals surface area contributed by atoms with Gasteiger partial charge in [-0.3, -0.25) is 0 Å². The summed E-state index contributed by atoms with van der Waals surface area (Å²) in [7, 11) is 0. The van der Waals surface area contributed by atoms with Crippen molar-refractivity contribution in [2.75, 3.05) is 19.8 Å². The van der Waals surface area contributed by atoms with Gasteiger partial charge in [-0.05, 0) is 91.8 Å². The molecule has 16 nitrogen and oxygen atoms in total. The molecule has 4 saturated heterocycles.